The third kappa shape index (κ3) is 3.70. The van der Waals surface area contributed by atoms with E-state index in [-0.39, 0.29) is 0 Å². The lowest BCUT2D eigenvalue weighted by Crippen LogP contribution is -2.20. The van der Waals surface area contributed by atoms with Gasteiger partial charge in [-0.1, -0.05) is 41.9 Å². The number of anilines is 1. The molecule has 0 radical (unpaired) electrons. The number of rotatable bonds is 4. The highest BCUT2D eigenvalue weighted by Crippen LogP contribution is 2.25. The van der Waals surface area contributed by atoms with E-state index in [4.69, 9.17) is 11.6 Å². The van der Waals surface area contributed by atoms with Crippen LogP contribution >= 0.6 is 11.6 Å². The van der Waals surface area contributed by atoms with Crippen molar-refractivity contribution in [2.75, 3.05) is 5.32 Å². The fourth-order valence-corrected chi connectivity index (χ4v) is 2.54. The minimum atomic E-state index is -4.53. The second-order valence-electron chi connectivity index (χ2n) is 3.93. The van der Waals surface area contributed by atoms with Crippen LogP contribution < -0.4 is 5.32 Å². The highest BCUT2D eigenvalue weighted by Gasteiger charge is 2.18. The van der Waals surface area contributed by atoms with Crippen LogP contribution in [-0.4, -0.2) is 13.0 Å². The van der Waals surface area contributed by atoms with Gasteiger partial charge in [0, 0.05) is 10.7 Å². The minimum Gasteiger partial charge on any atom is -0.746 e. The van der Waals surface area contributed by atoms with Crippen molar-refractivity contribution in [2.45, 2.75) is 5.37 Å². The van der Waals surface area contributed by atoms with E-state index in [1.807, 2.05) is 0 Å². The van der Waals surface area contributed by atoms with Crippen molar-refractivity contribution in [2.24, 2.45) is 0 Å². The molecule has 6 heteroatoms. The minimum absolute atomic E-state index is 0.350. The quantitative estimate of drug-likeness (QED) is 0.881. The summed E-state index contributed by atoms with van der Waals surface area (Å²) in [6.45, 7) is 0. The van der Waals surface area contributed by atoms with Gasteiger partial charge in [-0.3, -0.25) is 0 Å². The Kier molecular flexibility index (Phi) is 4.09. The molecule has 2 rings (SSSR count). The first-order chi connectivity index (χ1) is 8.97. The number of benzene rings is 2. The lowest BCUT2D eigenvalue weighted by molar-refractivity contribution is 0.454. The van der Waals surface area contributed by atoms with Crippen molar-refractivity contribution >= 4 is 27.4 Å². The van der Waals surface area contributed by atoms with Crippen molar-refractivity contribution in [3.63, 3.8) is 0 Å². The molecule has 0 fully saturated rings. The Balaban J connectivity index is 2.35. The lowest BCUT2D eigenvalue weighted by atomic mass is 10.2. The summed E-state index contributed by atoms with van der Waals surface area (Å²) in [5, 5.41) is 1.85. The summed E-state index contributed by atoms with van der Waals surface area (Å²) < 4.78 is 34.1. The number of halogens is 1. The van der Waals surface area contributed by atoms with Gasteiger partial charge in [-0.15, -0.1) is 0 Å². The molecule has 0 aromatic heterocycles. The van der Waals surface area contributed by atoms with Gasteiger partial charge in [0.25, 0.3) is 0 Å². The van der Waals surface area contributed by atoms with Crippen LogP contribution in [0.4, 0.5) is 5.69 Å². The maximum atomic E-state index is 11.4. The molecule has 0 saturated carbocycles. The van der Waals surface area contributed by atoms with Crippen molar-refractivity contribution in [1.29, 1.82) is 0 Å². The SMILES string of the molecule is O=S(=O)([O-])C(Nc1ccccc1)c1ccc(Cl)cc1. The van der Waals surface area contributed by atoms with Crippen LogP contribution in [0.2, 0.25) is 5.02 Å². The van der Waals surface area contributed by atoms with Crippen molar-refractivity contribution in [1.82, 2.24) is 0 Å². The Morgan fingerprint density at radius 3 is 2.11 bits per heavy atom. The molecular formula is C13H11ClNO3S-. The molecule has 1 unspecified atom stereocenters. The molecule has 100 valence electrons. The Labute approximate surface area is 116 Å². The molecule has 1 atom stereocenters. The van der Waals surface area contributed by atoms with Crippen LogP contribution in [0.3, 0.4) is 0 Å². The van der Waals surface area contributed by atoms with Crippen LogP contribution in [0, 0.1) is 0 Å². The van der Waals surface area contributed by atoms with Crippen molar-refractivity contribution < 1.29 is 13.0 Å². The first-order valence-electron chi connectivity index (χ1n) is 5.48. The number of nitrogens with one attached hydrogen (secondary N) is 1. The Morgan fingerprint density at radius 1 is 1.00 bits per heavy atom. The van der Waals surface area contributed by atoms with Crippen molar-refractivity contribution in [3.8, 4) is 0 Å². The number of hydrogen-bond donors (Lipinski definition) is 1. The Morgan fingerprint density at radius 2 is 1.58 bits per heavy atom. The van der Waals surface area contributed by atoms with E-state index in [0.29, 0.717) is 16.3 Å². The topological polar surface area (TPSA) is 69.2 Å². The third-order valence-electron chi connectivity index (χ3n) is 2.53. The molecule has 0 aliphatic carbocycles. The standard InChI is InChI=1S/C13H12ClNO3S/c14-11-8-6-10(7-9-11)13(19(16,17)18)15-12-4-2-1-3-5-12/h1-9,13,15H,(H,16,17,18)/p-1. The summed E-state index contributed by atoms with van der Waals surface area (Å²) in [6.07, 6.45) is 0. The molecule has 0 heterocycles. The summed E-state index contributed by atoms with van der Waals surface area (Å²) in [4.78, 5) is 0. The van der Waals surface area contributed by atoms with Crippen LogP contribution in [0.1, 0.15) is 10.9 Å². The lowest BCUT2D eigenvalue weighted by Gasteiger charge is -2.23. The molecule has 19 heavy (non-hydrogen) atoms. The molecule has 0 amide bonds. The van der Waals surface area contributed by atoms with E-state index in [2.05, 4.69) is 5.32 Å². The van der Waals surface area contributed by atoms with Gasteiger partial charge in [0.2, 0.25) is 0 Å². The summed E-state index contributed by atoms with van der Waals surface area (Å²) in [5.41, 5.74) is 0.908. The predicted octanol–water partition coefficient (Wildman–Crippen LogP) is 3.00. The Bertz CT molecular complexity index is 641. The molecule has 4 nitrogen and oxygen atoms in total. The van der Waals surface area contributed by atoms with Crippen LogP contribution in [0.25, 0.3) is 0 Å². The highest BCUT2D eigenvalue weighted by molar-refractivity contribution is 7.86. The van der Waals surface area contributed by atoms with Crippen LogP contribution in [0.15, 0.2) is 54.6 Å². The van der Waals surface area contributed by atoms with Gasteiger partial charge in [-0.05, 0) is 29.8 Å². The molecule has 0 saturated heterocycles. The van der Waals surface area contributed by atoms with E-state index in [1.54, 1.807) is 42.5 Å². The fraction of sp³-hybridized carbons (Fsp3) is 0.0769. The molecule has 0 aliphatic rings. The number of hydrogen-bond acceptors (Lipinski definition) is 4. The summed E-state index contributed by atoms with van der Waals surface area (Å²) in [5.74, 6) is 0. The maximum Gasteiger partial charge on any atom is 0.143 e. The monoisotopic (exact) mass is 296 g/mol. The van der Waals surface area contributed by atoms with E-state index < -0.39 is 15.5 Å². The first-order valence-corrected chi connectivity index (χ1v) is 7.33. The molecule has 0 aliphatic heterocycles. The fourth-order valence-electron chi connectivity index (χ4n) is 1.65. The maximum absolute atomic E-state index is 11.4. The smallest absolute Gasteiger partial charge is 0.143 e. The van der Waals surface area contributed by atoms with Gasteiger partial charge < -0.3 is 9.87 Å². The van der Waals surface area contributed by atoms with Gasteiger partial charge in [0.15, 0.2) is 0 Å². The second kappa shape index (κ2) is 5.61. The third-order valence-corrected chi connectivity index (χ3v) is 3.75. The zero-order chi connectivity index (χ0) is 13.9. The predicted molar refractivity (Wildman–Crippen MR) is 74.0 cm³/mol. The van der Waals surface area contributed by atoms with E-state index in [0.717, 1.165) is 0 Å². The molecular weight excluding hydrogens is 286 g/mol. The first kappa shape index (κ1) is 13.9. The largest absolute Gasteiger partial charge is 0.746 e. The highest BCUT2D eigenvalue weighted by atomic mass is 35.5. The molecule has 2 aromatic carbocycles. The van der Waals surface area contributed by atoms with Crippen LogP contribution in [-0.2, 0) is 10.1 Å². The molecule has 2 aromatic rings. The summed E-state index contributed by atoms with van der Waals surface area (Å²) in [7, 11) is -4.53. The normalized spacial score (nSPS) is 12.9. The van der Waals surface area contributed by atoms with Gasteiger partial charge >= 0.3 is 0 Å². The van der Waals surface area contributed by atoms with E-state index >= 15 is 0 Å². The number of para-hydroxylation sites is 1. The average molecular weight is 297 g/mol. The zero-order valence-electron chi connectivity index (χ0n) is 9.78. The second-order valence-corrected chi connectivity index (χ2v) is 5.83. The van der Waals surface area contributed by atoms with Gasteiger partial charge in [-0.2, -0.15) is 0 Å². The summed E-state index contributed by atoms with van der Waals surface area (Å²) >= 11 is 5.74. The molecule has 0 spiro atoms. The average Bonchev–Trinajstić information content (AvgIpc) is 2.37. The van der Waals surface area contributed by atoms with Crippen molar-refractivity contribution in [3.05, 3.63) is 65.2 Å². The molecule has 0 bridgehead atoms. The van der Waals surface area contributed by atoms with E-state index in [1.165, 1.54) is 12.1 Å². The zero-order valence-corrected chi connectivity index (χ0v) is 11.4. The Hall–Kier alpha value is -1.56. The molecule has 1 N–H and O–H groups in total. The van der Waals surface area contributed by atoms with Crippen LogP contribution in [0.5, 0.6) is 0 Å². The van der Waals surface area contributed by atoms with Gasteiger partial charge in [-0.25, -0.2) is 8.42 Å². The van der Waals surface area contributed by atoms with Gasteiger partial charge in [0.1, 0.15) is 15.5 Å². The summed E-state index contributed by atoms with van der Waals surface area (Å²) in [6, 6.07) is 14.8. The van der Waals surface area contributed by atoms with E-state index in [9.17, 15) is 13.0 Å². The van der Waals surface area contributed by atoms with Gasteiger partial charge in [0.05, 0.1) is 0 Å².